The highest BCUT2D eigenvalue weighted by Crippen LogP contribution is 2.66. The number of aliphatic hydroxyl groups excluding tert-OH is 2. The monoisotopic (exact) mass is 252 g/mol. The molecule has 5 nitrogen and oxygen atoms in total. The molecule has 1 aliphatic carbocycles. The molecule has 1 aromatic carbocycles. The molecule has 0 bridgehead atoms. The van der Waals surface area contributed by atoms with E-state index in [1.807, 2.05) is 6.07 Å². The summed E-state index contributed by atoms with van der Waals surface area (Å²) in [5.74, 6) is -0.749. The average Bonchev–Trinajstić information content (AvgIpc) is 2.89. The van der Waals surface area contributed by atoms with Crippen LogP contribution in [-0.2, 0) is 4.74 Å². The maximum absolute atomic E-state index is 10.5. The molecular formula is C13H16O5. The fourth-order valence-electron chi connectivity index (χ4n) is 3.13. The Morgan fingerprint density at radius 3 is 2.28 bits per heavy atom. The molecule has 0 aromatic heterocycles. The first-order chi connectivity index (χ1) is 8.44. The number of ether oxygens (including phenoxy) is 1. The lowest BCUT2D eigenvalue weighted by atomic mass is 9.99. The average molecular weight is 252 g/mol. The molecule has 4 N–H and O–H groups in total. The molecule has 1 unspecified atom stereocenters. The maximum atomic E-state index is 10.5. The third-order valence-electron chi connectivity index (χ3n) is 4.19. The Morgan fingerprint density at radius 1 is 1.06 bits per heavy atom. The maximum Gasteiger partial charge on any atom is 0.187 e. The first kappa shape index (κ1) is 12.1. The van der Waals surface area contributed by atoms with Crippen LogP contribution in [0.1, 0.15) is 18.4 Å². The summed E-state index contributed by atoms with van der Waals surface area (Å²) in [7, 11) is 0. The van der Waals surface area contributed by atoms with Crippen LogP contribution in [-0.4, -0.2) is 50.1 Å². The number of hydrogen-bond acceptors (Lipinski definition) is 5. The van der Waals surface area contributed by atoms with Crippen molar-refractivity contribution in [1.82, 2.24) is 0 Å². The molecular weight excluding hydrogens is 236 g/mol. The van der Waals surface area contributed by atoms with Gasteiger partial charge in [0, 0.05) is 0 Å². The molecule has 5 heteroatoms. The van der Waals surface area contributed by atoms with Crippen LogP contribution >= 0.6 is 0 Å². The highest BCUT2D eigenvalue weighted by Gasteiger charge is 2.85. The van der Waals surface area contributed by atoms with E-state index in [0.717, 1.165) is 0 Å². The van der Waals surface area contributed by atoms with Crippen molar-refractivity contribution in [3.63, 3.8) is 0 Å². The minimum absolute atomic E-state index is 0.665. The third kappa shape index (κ3) is 1.18. The van der Waals surface area contributed by atoms with Gasteiger partial charge in [-0.05, 0) is 12.5 Å². The SMILES string of the molecule is C[C@@H]1O[C@@H](O)[C@@]2(O)C(c3ccccc3)[C@@]2(O)[C@H]1O. The lowest BCUT2D eigenvalue weighted by molar-refractivity contribution is -0.278. The second kappa shape index (κ2) is 3.53. The van der Waals surface area contributed by atoms with Gasteiger partial charge in [-0.15, -0.1) is 0 Å². The molecule has 2 fully saturated rings. The first-order valence-electron chi connectivity index (χ1n) is 5.95. The van der Waals surface area contributed by atoms with Gasteiger partial charge in [-0.1, -0.05) is 30.3 Å². The van der Waals surface area contributed by atoms with E-state index < -0.39 is 35.6 Å². The minimum atomic E-state index is -1.85. The molecule has 0 spiro atoms. The Hall–Kier alpha value is -0.980. The van der Waals surface area contributed by atoms with Gasteiger partial charge < -0.3 is 25.2 Å². The lowest BCUT2D eigenvalue weighted by Gasteiger charge is -2.35. The van der Waals surface area contributed by atoms with Crippen LogP contribution in [0.4, 0.5) is 0 Å². The van der Waals surface area contributed by atoms with Gasteiger partial charge in [0.1, 0.15) is 11.7 Å². The zero-order chi connectivity index (χ0) is 13.1. The number of aliphatic hydroxyl groups is 4. The molecule has 3 rings (SSSR count). The fourth-order valence-corrected chi connectivity index (χ4v) is 3.13. The summed E-state index contributed by atoms with van der Waals surface area (Å²) in [6.07, 6.45) is -3.49. The molecule has 1 aromatic rings. The number of fused-ring (bicyclic) bond motifs is 1. The Balaban J connectivity index is 2.04. The molecule has 1 saturated carbocycles. The summed E-state index contributed by atoms with van der Waals surface area (Å²) >= 11 is 0. The molecule has 0 radical (unpaired) electrons. The quantitative estimate of drug-likeness (QED) is 0.533. The topological polar surface area (TPSA) is 90.2 Å². The van der Waals surface area contributed by atoms with Gasteiger partial charge in [-0.25, -0.2) is 0 Å². The summed E-state index contributed by atoms with van der Waals surface area (Å²) < 4.78 is 5.07. The van der Waals surface area contributed by atoms with Crippen molar-refractivity contribution >= 4 is 0 Å². The van der Waals surface area contributed by atoms with E-state index in [9.17, 15) is 20.4 Å². The Labute approximate surface area is 104 Å². The second-order valence-electron chi connectivity index (χ2n) is 5.13. The van der Waals surface area contributed by atoms with Crippen molar-refractivity contribution in [2.24, 2.45) is 0 Å². The summed E-state index contributed by atoms with van der Waals surface area (Å²) in [6.45, 7) is 1.55. The first-order valence-corrected chi connectivity index (χ1v) is 5.95. The van der Waals surface area contributed by atoms with Gasteiger partial charge in [0.2, 0.25) is 0 Å². The lowest BCUT2D eigenvalue weighted by Crippen LogP contribution is -2.56. The van der Waals surface area contributed by atoms with Crippen LogP contribution in [0.3, 0.4) is 0 Å². The van der Waals surface area contributed by atoms with Gasteiger partial charge in [0.05, 0.1) is 12.0 Å². The van der Waals surface area contributed by atoms with Crippen molar-refractivity contribution in [1.29, 1.82) is 0 Å². The van der Waals surface area contributed by atoms with E-state index >= 15 is 0 Å². The van der Waals surface area contributed by atoms with Crippen LogP contribution in [0.15, 0.2) is 30.3 Å². The second-order valence-corrected chi connectivity index (χ2v) is 5.13. The molecule has 98 valence electrons. The van der Waals surface area contributed by atoms with Gasteiger partial charge in [-0.3, -0.25) is 0 Å². The summed E-state index contributed by atoms with van der Waals surface area (Å²) in [4.78, 5) is 0. The molecule has 18 heavy (non-hydrogen) atoms. The number of hydrogen-bond donors (Lipinski definition) is 4. The smallest absolute Gasteiger partial charge is 0.187 e. The Bertz CT molecular complexity index is 464. The molecule has 1 heterocycles. The van der Waals surface area contributed by atoms with Gasteiger partial charge in [0.25, 0.3) is 0 Å². The number of benzene rings is 1. The van der Waals surface area contributed by atoms with Crippen molar-refractivity contribution in [2.75, 3.05) is 0 Å². The third-order valence-corrected chi connectivity index (χ3v) is 4.19. The van der Waals surface area contributed by atoms with Gasteiger partial charge >= 0.3 is 0 Å². The van der Waals surface area contributed by atoms with Crippen LogP contribution in [0.25, 0.3) is 0 Å². The van der Waals surface area contributed by atoms with E-state index in [-0.39, 0.29) is 0 Å². The molecule has 0 amide bonds. The molecule has 1 saturated heterocycles. The van der Waals surface area contributed by atoms with Crippen molar-refractivity contribution < 1.29 is 25.2 Å². The van der Waals surface area contributed by atoms with E-state index in [0.29, 0.717) is 5.56 Å². The Morgan fingerprint density at radius 2 is 1.67 bits per heavy atom. The summed E-state index contributed by atoms with van der Waals surface area (Å²) in [5.41, 5.74) is -2.94. The summed E-state index contributed by atoms with van der Waals surface area (Å²) in [6, 6.07) is 8.84. The van der Waals surface area contributed by atoms with Crippen LogP contribution in [0, 0.1) is 0 Å². The fraction of sp³-hybridized carbons (Fsp3) is 0.538. The zero-order valence-corrected chi connectivity index (χ0v) is 9.89. The predicted molar refractivity (Wildman–Crippen MR) is 61.6 cm³/mol. The van der Waals surface area contributed by atoms with Crippen molar-refractivity contribution in [3.05, 3.63) is 35.9 Å². The van der Waals surface area contributed by atoms with Crippen molar-refractivity contribution in [2.45, 2.75) is 42.5 Å². The summed E-state index contributed by atoms with van der Waals surface area (Å²) in [5, 5.41) is 40.7. The molecule has 1 aliphatic heterocycles. The predicted octanol–water partition coefficient (Wildman–Crippen LogP) is -0.656. The van der Waals surface area contributed by atoms with E-state index in [2.05, 4.69) is 0 Å². The normalized spacial score (nSPS) is 50.7. The van der Waals surface area contributed by atoms with Crippen LogP contribution in [0.2, 0.25) is 0 Å². The highest BCUT2D eigenvalue weighted by molar-refractivity contribution is 5.46. The van der Waals surface area contributed by atoms with E-state index in [1.54, 1.807) is 31.2 Å². The molecule has 2 aliphatic rings. The van der Waals surface area contributed by atoms with E-state index in [1.165, 1.54) is 0 Å². The highest BCUT2D eigenvalue weighted by atomic mass is 16.6. The van der Waals surface area contributed by atoms with E-state index in [4.69, 9.17) is 4.74 Å². The standard InChI is InChI=1S/C13H16O5/c1-7-10(14)12(16)9(8-5-3-2-4-6-8)13(12,17)11(15)18-7/h2-7,9-11,14-17H,1H3/t7-,9?,10-,11+,12+,13-/m0/s1. The van der Waals surface area contributed by atoms with Gasteiger partial charge in [-0.2, -0.15) is 0 Å². The van der Waals surface area contributed by atoms with Crippen molar-refractivity contribution in [3.8, 4) is 0 Å². The van der Waals surface area contributed by atoms with Crippen LogP contribution in [0.5, 0.6) is 0 Å². The zero-order valence-electron chi connectivity index (χ0n) is 9.89. The molecule has 6 atom stereocenters. The largest absolute Gasteiger partial charge is 0.387 e. The van der Waals surface area contributed by atoms with Gasteiger partial charge in [0.15, 0.2) is 11.9 Å². The Kier molecular flexibility index (Phi) is 2.36. The minimum Gasteiger partial charge on any atom is -0.387 e. The number of rotatable bonds is 1. The van der Waals surface area contributed by atoms with Crippen LogP contribution < -0.4 is 0 Å².